The van der Waals surface area contributed by atoms with E-state index in [-0.39, 0.29) is 23.1 Å². The van der Waals surface area contributed by atoms with Crippen molar-refractivity contribution in [2.75, 3.05) is 13.1 Å². The number of rotatable bonds is 5. The van der Waals surface area contributed by atoms with Crippen LogP contribution in [-0.2, 0) is 23.0 Å². The molecule has 2 N–H and O–H groups in total. The number of benzene rings is 2. The van der Waals surface area contributed by atoms with Gasteiger partial charge >= 0.3 is 5.76 Å². The minimum absolute atomic E-state index is 0.0763. The second-order valence-electron chi connectivity index (χ2n) is 6.55. The molecule has 2 heterocycles. The van der Waals surface area contributed by atoms with Crippen molar-refractivity contribution in [1.29, 1.82) is 0 Å². The minimum Gasteiger partial charge on any atom is -0.408 e. The van der Waals surface area contributed by atoms with Crippen LogP contribution in [0.2, 0.25) is 0 Å². The summed E-state index contributed by atoms with van der Waals surface area (Å²) < 4.78 is 34.8. The Kier molecular flexibility index (Phi) is 4.63. The Hall–Kier alpha value is -2.42. The van der Waals surface area contributed by atoms with Crippen LogP contribution in [0.3, 0.4) is 0 Å². The monoisotopic (exact) mass is 387 g/mol. The molecule has 0 bridgehead atoms. The maximum absolute atomic E-state index is 12.7. The molecule has 27 heavy (non-hydrogen) atoms. The van der Waals surface area contributed by atoms with Crippen molar-refractivity contribution < 1.29 is 12.8 Å². The van der Waals surface area contributed by atoms with Crippen molar-refractivity contribution in [3.63, 3.8) is 0 Å². The molecular formula is C19H21N3O4S. The quantitative estimate of drug-likeness (QED) is 0.696. The van der Waals surface area contributed by atoms with Crippen LogP contribution in [0.1, 0.15) is 24.1 Å². The third kappa shape index (κ3) is 3.31. The van der Waals surface area contributed by atoms with Crippen LogP contribution in [0.4, 0.5) is 0 Å². The van der Waals surface area contributed by atoms with Gasteiger partial charge in [-0.15, -0.1) is 0 Å². The van der Waals surface area contributed by atoms with Gasteiger partial charge in [-0.1, -0.05) is 24.3 Å². The molecule has 0 spiro atoms. The molecule has 1 unspecified atom stereocenters. The molecule has 0 fully saturated rings. The van der Waals surface area contributed by atoms with Gasteiger partial charge in [0.2, 0.25) is 10.0 Å². The largest absolute Gasteiger partial charge is 0.419 e. The minimum atomic E-state index is -3.73. The Morgan fingerprint density at radius 3 is 2.89 bits per heavy atom. The molecule has 0 aliphatic carbocycles. The number of sulfonamides is 1. The zero-order chi connectivity index (χ0) is 19.0. The fraction of sp³-hybridized carbons (Fsp3) is 0.316. The van der Waals surface area contributed by atoms with E-state index in [4.69, 9.17) is 4.42 Å². The molecule has 8 heteroatoms. The molecule has 1 aromatic heterocycles. The first-order valence-corrected chi connectivity index (χ1v) is 10.4. The number of nitrogens with zero attached hydrogens (tertiary/aromatic N) is 1. The van der Waals surface area contributed by atoms with E-state index in [9.17, 15) is 13.2 Å². The summed E-state index contributed by atoms with van der Waals surface area (Å²) >= 11 is 0. The van der Waals surface area contributed by atoms with E-state index in [2.05, 4.69) is 16.1 Å². The summed E-state index contributed by atoms with van der Waals surface area (Å²) in [7, 11) is -3.73. The third-order valence-corrected chi connectivity index (χ3v) is 6.38. The highest BCUT2D eigenvalue weighted by molar-refractivity contribution is 7.89. The number of aryl methyl sites for hydroxylation is 1. The van der Waals surface area contributed by atoms with Gasteiger partial charge in [0.25, 0.3) is 0 Å². The molecule has 0 saturated carbocycles. The summed E-state index contributed by atoms with van der Waals surface area (Å²) in [4.78, 5) is 11.9. The van der Waals surface area contributed by atoms with Crippen molar-refractivity contribution in [1.82, 2.24) is 14.6 Å². The van der Waals surface area contributed by atoms with Crippen molar-refractivity contribution >= 4 is 21.1 Å². The van der Waals surface area contributed by atoms with E-state index in [0.29, 0.717) is 12.1 Å². The van der Waals surface area contributed by atoms with Crippen molar-refractivity contribution in [3.8, 4) is 0 Å². The number of aromatic nitrogens is 1. The average Bonchev–Trinajstić information content (AvgIpc) is 3.00. The zero-order valence-electron chi connectivity index (χ0n) is 14.9. The fourth-order valence-electron chi connectivity index (χ4n) is 3.56. The molecule has 4 rings (SSSR count). The normalized spacial score (nSPS) is 17.1. The fourth-order valence-corrected chi connectivity index (χ4v) is 4.63. The van der Waals surface area contributed by atoms with E-state index in [1.54, 1.807) is 6.07 Å². The molecule has 0 saturated heterocycles. The van der Waals surface area contributed by atoms with Crippen molar-refractivity contribution in [2.24, 2.45) is 0 Å². The molecule has 1 aliphatic rings. The van der Waals surface area contributed by atoms with Crippen LogP contribution in [0.15, 0.2) is 56.6 Å². The Morgan fingerprint density at radius 1 is 1.26 bits per heavy atom. The summed E-state index contributed by atoms with van der Waals surface area (Å²) in [5.74, 6) is -0.488. The Balaban J connectivity index is 1.58. The Bertz CT molecular complexity index is 1150. The summed E-state index contributed by atoms with van der Waals surface area (Å²) in [5.41, 5.74) is 3.22. The van der Waals surface area contributed by atoms with Crippen LogP contribution >= 0.6 is 0 Å². The number of hydrogen-bond acceptors (Lipinski definition) is 5. The number of fused-ring (bicyclic) bond motifs is 2. The van der Waals surface area contributed by atoms with Gasteiger partial charge in [0.1, 0.15) is 0 Å². The Morgan fingerprint density at radius 2 is 2.07 bits per heavy atom. The van der Waals surface area contributed by atoms with Crippen LogP contribution < -0.4 is 15.8 Å². The molecule has 2 aromatic carbocycles. The number of oxazole rings is 1. The lowest BCUT2D eigenvalue weighted by Gasteiger charge is -2.27. The van der Waals surface area contributed by atoms with Crippen molar-refractivity contribution in [3.05, 3.63) is 64.1 Å². The van der Waals surface area contributed by atoms with E-state index in [0.717, 1.165) is 18.5 Å². The maximum atomic E-state index is 12.7. The first-order chi connectivity index (χ1) is 13.0. The van der Waals surface area contributed by atoms with E-state index < -0.39 is 15.8 Å². The standard InChI is InChI=1S/C19H21N3O4S/c1-2-22-17-8-7-14(11-18(17)26-19(22)23)27(24,25)21-12-16-15-6-4-3-5-13(15)9-10-20-16/h3-8,11,16,20-21H,2,9-10,12H2,1H3. The second-order valence-corrected chi connectivity index (χ2v) is 8.32. The lowest BCUT2D eigenvalue weighted by atomic mass is 9.95. The summed E-state index contributed by atoms with van der Waals surface area (Å²) in [5, 5.41) is 3.36. The van der Waals surface area contributed by atoms with Crippen LogP contribution in [-0.4, -0.2) is 26.1 Å². The van der Waals surface area contributed by atoms with Crippen LogP contribution in [0.5, 0.6) is 0 Å². The highest BCUT2D eigenvalue weighted by Gasteiger charge is 2.23. The van der Waals surface area contributed by atoms with Gasteiger partial charge in [0.15, 0.2) is 5.58 Å². The van der Waals surface area contributed by atoms with Gasteiger partial charge in [-0.05, 0) is 43.1 Å². The van der Waals surface area contributed by atoms with Gasteiger partial charge in [0.05, 0.1) is 10.4 Å². The lowest BCUT2D eigenvalue weighted by Crippen LogP contribution is -2.38. The van der Waals surface area contributed by atoms with Gasteiger partial charge in [-0.2, -0.15) is 0 Å². The Labute approximate surface area is 157 Å². The molecule has 0 radical (unpaired) electrons. The molecule has 3 aromatic rings. The highest BCUT2D eigenvalue weighted by Crippen LogP contribution is 2.23. The predicted molar refractivity (Wildman–Crippen MR) is 102 cm³/mol. The SMILES string of the molecule is CCn1c(=O)oc2cc(S(=O)(=O)NCC3NCCc4ccccc43)ccc21. The molecule has 142 valence electrons. The van der Waals surface area contributed by atoms with Gasteiger partial charge in [0, 0.05) is 25.2 Å². The third-order valence-electron chi connectivity index (χ3n) is 4.96. The lowest BCUT2D eigenvalue weighted by molar-refractivity contribution is 0.491. The molecule has 1 aliphatic heterocycles. The van der Waals surface area contributed by atoms with Gasteiger partial charge < -0.3 is 9.73 Å². The second kappa shape index (κ2) is 6.95. The zero-order valence-corrected chi connectivity index (χ0v) is 15.8. The summed E-state index contributed by atoms with van der Waals surface area (Å²) in [6.45, 7) is 3.35. The van der Waals surface area contributed by atoms with E-state index in [1.807, 2.05) is 25.1 Å². The molecule has 1 atom stereocenters. The number of hydrogen-bond donors (Lipinski definition) is 2. The first-order valence-electron chi connectivity index (χ1n) is 8.94. The maximum Gasteiger partial charge on any atom is 0.419 e. The van der Waals surface area contributed by atoms with Crippen LogP contribution in [0, 0.1) is 0 Å². The smallest absolute Gasteiger partial charge is 0.408 e. The van der Waals surface area contributed by atoms with Crippen LogP contribution in [0.25, 0.3) is 11.1 Å². The van der Waals surface area contributed by atoms with Crippen molar-refractivity contribution in [2.45, 2.75) is 30.8 Å². The predicted octanol–water partition coefficient (Wildman–Crippen LogP) is 1.78. The van der Waals surface area contributed by atoms with E-state index >= 15 is 0 Å². The summed E-state index contributed by atoms with van der Waals surface area (Å²) in [6.07, 6.45) is 0.934. The highest BCUT2D eigenvalue weighted by atomic mass is 32.2. The van der Waals surface area contributed by atoms with E-state index in [1.165, 1.54) is 22.3 Å². The van der Waals surface area contributed by atoms with Gasteiger partial charge in [-0.3, -0.25) is 4.57 Å². The first kappa shape index (κ1) is 18.0. The molecule has 7 nitrogen and oxygen atoms in total. The average molecular weight is 387 g/mol. The molecular weight excluding hydrogens is 366 g/mol. The number of nitrogens with one attached hydrogen (secondary N) is 2. The topological polar surface area (TPSA) is 93.3 Å². The molecule has 0 amide bonds. The van der Waals surface area contributed by atoms with Gasteiger partial charge in [-0.25, -0.2) is 17.9 Å². The summed E-state index contributed by atoms with van der Waals surface area (Å²) in [6, 6.07) is 12.5.